The Balaban J connectivity index is 1.37. The van der Waals surface area contributed by atoms with Crippen LogP contribution in [0, 0.1) is 34.5 Å². The van der Waals surface area contributed by atoms with Gasteiger partial charge in [-0.15, -0.1) is 0 Å². The number of rotatable bonds is 2. The first-order valence-corrected chi connectivity index (χ1v) is 11.9. The molecule has 154 valence electrons. The summed E-state index contributed by atoms with van der Waals surface area (Å²) in [7, 11) is 0. The van der Waals surface area contributed by atoms with Crippen LogP contribution in [0.1, 0.15) is 78.6 Å². The Kier molecular flexibility index (Phi) is 4.40. The average Bonchev–Trinajstić information content (AvgIpc) is 2.99. The molecule has 0 heterocycles. The first kappa shape index (κ1) is 19.0. The summed E-state index contributed by atoms with van der Waals surface area (Å²) in [6, 6.07) is 11.5. The zero-order valence-corrected chi connectivity index (χ0v) is 18.1. The maximum absolute atomic E-state index is 10.7. The van der Waals surface area contributed by atoms with Gasteiger partial charge in [-0.3, -0.25) is 0 Å². The molecular formula is C26H39NO. The number of benzene rings is 1. The molecule has 1 aromatic rings. The third-order valence-electron chi connectivity index (χ3n) is 10.1. The number of para-hydroxylation sites is 1. The highest BCUT2D eigenvalue weighted by molar-refractivity contribution is 5.44. The summed E-state index contributed by atoms with van der Waals surface area (Å²) in [6.07, 6.45) is 11.5. The fourth-order valence-corrected chi connectivity index (χ4v) is 8.40. The summed E-state index contributed by atoms with van der Waals surface area (Å²) in [4.78, 5) is 0. The quantitative estimate of drug-likeness (QED) is 0.633. The van der Waals surface area contributed by atoms with Crippen molar-refractivity contribution in [3.05, 3.63) is 30.3 Å². The van der Waals surface area contributed by atoms with Gasteiger partial charge in [0, 0.05) is 11.7 Å². The van der Waals surface area contributed by atoms with E-state index in [2.05, 4.69) is 56.4 Å². The molecule has 1 aromatic carbocycles. The highest BCUT2D eigenvalue weighted by Gasteiger charge is 2.60. The second-order valence-corrected chi connectivity index (χ2v) is 11.5. The van der Waals surface area contributed by atoms with Crippen LogP contribution in [-0.2, 0) is 0 Å². The summed E-state index contributed by atoms with van der Waals surface area (Å²) in [5, 5.41) is 14.6. The fraction of sp³-hybridized carbons (Fsp3) is 0.769. The van der Waals surface area contributed by atoms with Gasteiger partial charge in [0.15, 0.2) is 0 Å². The van der Waals surface area contributed by atoms with Crippen LogP contribution >= 0.6 is 0 Å². The summed E-state index contributed by atoms with van der Waals surface area (Å²) in [5.74, 6) is 3.41. The van der Waals surface area contributed by atoms with Crippen LogP contribution in [-0.4, -0.2) is 16.7 Å². The van der Waals surface area contributed by atoms with Gasteiger partial charge >= 0.3 is 0 Å². The second kappa shape index (κ2) is 6.49. The minimum atomic E-state index is -0.418. The summed E-state index contributed by atoms with van der Waals surface area (Å²) >= 11 is 0. The molecule has 4 fully saturated rings. The normalized spacial score (nSPS) is 50.4. The van der Waals surface area contributed by atoms with Gasteiger partial charge in [-0.2, -0.15) is 0 Å². The third-order valence-corrected chi connectivity index (χ3v) is 10.1. The van der Waals surface area contributed by atoms with Crippen molar-refractivity contribution < 1.29 is 5.11 Å². The lowest BCUT2D eigenvalue weighted by Gasteiger charge is -2.61. The molecular weight excluding hydrogens is 342 g/mol. The number of aliphatic hydroxyl groups is 1. The minimum Gasteiger partial charge on any atom is -0.390 e. The van der Waals surface area contributed by atoms with E-state index in [1.165, 1.54) is 50.6 Å². The Bertz CT molecular complexity index is 714. The van der Waals surface area contributed by atoms with Crippen molar-refractivity contribution in [2.45, 2.75) is 90.2 Å². The van der Waals surface area contributed by atoms with E-state index in [1.807, 2.05) is 0 Å². The summed E-state index contributed by atoms with van der Waals surface area (Å²) in [6.45, 7) is 7.27. The lowest BCUT2D eigenvalue weighted by atomic mass is 9.44. The lowest BCUT2D eigenvalue weighted by molar-refractivity contribution is -0.142. The van der Waals surface area contributed by atoms with Crippen LogP contribution in [0.2, 0.25) is 0 Å². The molecule has 0 unspecified atom stereocenters. The van der Waals surface area contributed by atoms with E-state index in [4.69, 9.17) is 0 Å². The molecule has 0 saturated heterocycles. The molecule has 2 heteroatoms. The van der Waals surface area contributed by atoms with Crippen molar-refractivity contribution in [2.75, 3.05) is 5.32 Å². The van der Waals surface area contributed by atoms with E-state index in [-0.39, 0.29) is 0 Å². The molecule has 0 amide bonds. The van der Waals surface area contributed by atoms with E-state index >= 15 is 0 Å². The summed E-state index contributed by atoms with van der Waals surface area (Å²) < 4.78 is 0. The van der Waals surface area contributed by atoms with Gasteiger partial charge in [-0.05, 0) is 111 Å². The van der Waals surface area contributed by atoms with Crippen LogP contribution in [0.3, 0.4) is 0 Å². The van der Waals surface area contributed by atoms with E-state index < -0.39 is 5.60 Å². The summed E-state index contributed by atoms with van der Waals surface area (Å²) in [5.41, 5.74) is 1.79. The van der Waals surface area contributed by atoms with Crippen molar-refractivity contribution in [3.63, 3.8) is 0 Å². The molecule has 4 aliphatic rings. The van der Waals surface area contributed by atoms with Crippen molar-refractivity contribution in [3.8, 4) is 0 Å². The molecule has 4 aliphatic carbocycles. The van der Waals surface area contributed by atoms with Crippen LogP contribution in [0.15, 0.2) is 30.3 Å². The highest BCUT2D eigenvalue weighted by Crippen LogP contribution is 2.67. The lowest BCUT2D eigenvalue weighted by Crippen LogP contribution is -2.56. The second-order valence-electron chi connectivity index (χ2n) is 11.5. The van der Waals surface area contributed by atoms with Crippen molar-refractivity contribution in [1.82, 2.24) is 0 Å². The van der Waals surface area contributed by atoms with E-state index in [0.29, 0.717) is 16.9 Å². The topological polar surface area (TPSA) is 32.3 Å². The Morgan fingerprint density at radius 2 is 1.57 bits per heavy atom. The van der Waals surface area contributed by atoms with Crippen molar-refractivity contribution >= 4 is 5.69 Å². The molecule has 2 nitrogen and oxygen atoms in total. The zero-order chi connectivity index (χ0) is 19.6. The molecule has 28 heavy (non-hydrogen) atoms. The van der Waals surface area contributed by atoms with Gasteiger partial charge in [-0.25, -0.2) is 0 Å². The zero-order valence-electron chi connectivity index (χ0n) is 18.1. The number of hydrogen-bond donors (Lipinski definition) is 2. The smallest absolute Gasteiger partial charge is 0.0622 e. The highest BCUT2D eigenvalue weighted by atomic mass is 16.3. The number of anilines is 1. The average molecular weight is 382 g/mol. The minimum absolute atomic E-state index is 0.418. The predicted molar refractivity (Wildman–Crippen MR) is 116 cm³/mol. The molecule has 8 atom stereocenters. The molecule has 5 rings (SSSR count). The van der Waals surface area contributed by atoms with Crippen LogP contribution < -0.4 is 5.32 Å². The van der Waals surface area contributed by atoms with E-state index in [0.717, 1.165) is 36.5 Å². The van der Waals surface area contributed by atoms with Gasteiger partial charge in [0.05, 0.1) is 5.60 Å². The molecule has 0 radical (unpaired) electrons. The molecule has 0 spiro atoms. The standard InChI is InChI=1S/C26H39NO/c1-24(28)15-16-25(2)18(17-24)9-10-20-21-11-12-23(26(21,3)14-13-22(20)25)27-19-7-5-4-6-8-19/h4-8,18,20-23,27-28H,9-17H2,1-3H3/t18-,20-,21-,22-,23-,24+,25-,26-/m0/s1. The van der Waals surface area contributed by atoms with Crippen LogP contribution in [0.25, 0.3) is 0 Å². The van der Waals surface area contributed by atoms with Crippen LogP contribution in [0.4, 0.5) is 5.69 Å². The Hall–Kier alpha value is -1.02. The van der Waals surface area contributed by atoms with Gasteiger partial charge < -0.3 is 10.4 Å². The van der Waals surface area contributed by atoms with E-state index in [9.17, 15) is 5.11 Å². The monoisotopic (exact) mass is 381 g/mol. The third kappa shape index (κ3) is 2.85. The Morgan fingerprint density at radius 1 is 0.821 bits per heavy atom. The number of hydrogen-bond acceptors (Lipinski definition) is 2. The predicted octanol–water partition coefficient (Wildman–Crippen LogP) is 6.26. The Morgan fingerprint density at radius 3 is 2.36 bits per heavy atom. The fourth-order valence-electron chi connectivity index (χ4n) is 8.40. The molecule has 0 bridgehead atoms. The van der Waals surface area contributed by atoms with Gasteiger partial charge in [0.1, 0.15) is 0 Å². The van der Waals surface area contributed by atoms with Gasteiger partial charge in [-0.1, -0.05) is 32.0 Å². The number of fused-ring (bicyclic) bond motifs is 5. The molecule has 2 N–H and O–H groups in total. The SMILES string of the molecule is C[C@@]1(O)CC[C@@]2(C)[C@@H](CC[C@@H]3[C@@H]2CC[C@]2(C)[C@@H](Nc4ccccc4)CC[C@@H]32)C1. The van der Waals surface area contributed by atoms with Crippen molar-refractivity contribution in [2.24, 2.45) is 34.5 Å². The molecule has 0 aromatic heterocycles. The maximum atomic E-state index is 10.7. The van der Waals surface area contributed by atoms with Gasteiger partial charge in [0.25, 0.3) is 0 Å². The first-order chi connectivity index (χ1) is 13.3. The van der Waals surface area contributed by atoms with Crippen molar-refractivity contribution in [1.29, 1.82) is 0 Å². The molecule has 4 saturated carbocycles. The van der Waals surface area contributed by atoms with E-state index in [1.54, 1.807) is 0 Å². The maximum Gasteiger partial charge on any atom is 0.0622 e. The van der Waals surface area contributed by atoms with Gasteiger partial charge in [0.2, 0.25) is 0 Å². The van der Waals surface area contributed by atoms with Crippen LogP contribution in [0.5, 0.6) is 0 Å². The number of nitrogens with one attached hydrogen (secondary N) is 1. The first-order valence-electron chi connectivity index (χ1n) is 11.9. The molecule has 0 aliphatic heterocycles. The Labute approximate surface area is 171 Å². The largest absolute Gasteiger partial charge is 0.390 e.